The summed E-state index contributed by atoms with van der Waals surface area (Å²) in [4.78, 5) is 13.3. The highest BCUT2D eigenvalue weighted by atomic mass is 32.2. The summed E-state index contributed by atoms with van der Waals surface area (Å²) in [6.45, 7) is 0.322. The van der Waals surface area contributed by atoms with E-state index in [1.807, 2.05) is 6.07 Å². The molecule has 1 unspecified atom stereocenters. The number of hydrogen-bond acceptors (Lipinski definition) is 4. The Balaban J connectivity index is 1.95. The molecule has 1 aliphatic heterocycles. The summed E-state index contributed by atoms with van der Waals surface area (Å²) >= 11 is 0. The molecule has 1 amide bonds. The Bertz CT molecular complexity index is 1080. The number of sulfonamides is 1. The van der Waals surface area contributed by atoms with Crippen molar-refractivity contribution in [1.82, 2.24) is 9.62 Å². The van der Waals surface area contributed by atoms with Crippen molar-refractivity contribution in [2.24, 2.45) is 0 Å². The van der Waals surface area contributed by atoms with Crippen LogP contribution in [-0.2, 0) is 21.0 Å². The van der Waals surface area contributed by atoms with Gasteiger partial charge in [-0.3, -0.25) is 4.79 Å². The van der Waals surface area contributed by atoms with Crippen molar-refractivity contribution in [1.29, 1.82) is 5.26 Å². The molecule has 2 aromatic carbocycles. The normalized spacial score (nSPS) is 15.8. The lowest BCUT2D eigenvalue weighted by molar-refractivity contribution is -0.137. The molecule has 1 N–H and O–H groups in total. The first-order valence-corrected chi connectivity index (χ1v) is 10.6. The van der Waals surface area contributed by atoms with E-state index < -0.39 is 27.8 Å². The van der Waals surface area contributed by atoms with Crippen LogP contribution in [0.5, 0.6) is 0 Å². The largest absolute Gasteiger partial charge is 0.416 e. The summed E-state index contributed by atoms with van der Waals surface area (Å²) in [5.74, 6) is -0.176. The third-order valence-electron chi connectivity index (χ3n) is 4.78. The zero-order valence-electron chi connectivity index (χ0n) is 15.7. The summed E-state index contributed by atoms with van der Waals surface area (Å²) in [5, 5.41) is 8.86. The van der Waals surface area contributed by atoms with E-state index in [1.165, 1.54) is 41.3 Å². The van der Waals surface area contributed by atoms with Crippen LogP contribution in [0.4, 0.5) is 13.2 Å². The van der Waals surface area contributed by atoms with Crippen LogP contribution in [0.25, 0.3) is 0 Å². The van der Waals surface area contributed by atoms with Gasteiger partial charge in [0.1, 0.15) is 0 Å². The minimum absolute atomic E-state index is 0.0876. The highest BCUT2D eigenvalue weighted by Crippen LogP contribution is 2.31. The average molecular weight is 437 g/mol. The smallest absolute Gasteiger partial charge is 0.341 e. The predicted octanol–water partition coefficient (Wildman–Crippen LogP) is 3.22. The zero-order valence-corrected chi connectivity index (χ0v) is 16.5. The van der Waals surface area contributed by atoms with Gasteiger partial charge in [0.2, 0.25) is 15.9 Å². The number of carbonyl (C=O) groups is 1. The van der Waals surface area contributed by atoms with Crippen LogP contribution in [0.15, 0.2) is 53.4 Å². The summed E-state index contributed by atoms with van der Waals surface area (Å²) < 4.78 is 67.5. The van der Waals surface area contributed by atoms with E-state index in [0.717, 1.165) is 12.1 Å². The monoisotopic (exact) mass is 437 g/mol. The molecule has 0 bridgehead atoms. The van der Waals surface area contributed by atoms with Gasteiger partial charge in [0.25, 0.3) is 0 Å². The van der Waals surface area contributed by atoms with E-state index in [0.29, 0.717) is 19.4 Å². The van der Waals surface area contributed by atoms with Gasteiger partial charge in [-0.25, -0.2) is 13.1 Å². The van der Waals surface area contributed by atoms with Crippen molar-refractivity contribution in [3.8, 4) is 6.07 Å². The Kier molecular flexibility index (Phi) is 6.14. The van der Waals surface area contributed by atoms with Crippen LogP contribution in [0.3, 0.4) is 0 Å². The second-order valence-corrected chi connectivity index (χ2v) is 8.59. The number of alkyl halides is 3. The van der Waals surface area contributed by atoms with Crippen LogP contribution >= 0.6 is 0 Å². The van der Waals surface area contributed by atoms with E-state index in [2.05, 4.69) is 4.72 Å². The Morgan fingerprint density at radius 3 is 2.43 bits per heavy atom. The molecule has 10 heteroatoms. The van der Waals surface area contributed by atoms with Gasteiger partial charge in [-0.15, -0.1) is 0 Å². The number of amides is 1. The van der Waals surface area contributed by atoms with Crippen molar-refractivity contribution in [2.45, 2.75) is 30.0 Å². The molecular weight excluding hydrogens is 419 g/mol. The maximum absolute atomic E-state index is 13.1. The van der Waals surface area contributed by atoms with E-state index in [-0.39, 0.29) is 28.5 Å². The molecule has 1 saturated heterocycles. The lowest BCUT2D eigenvalue weighted by atomic mass is 10.0. The standard InChI is InChI=1S/C20H18F3N3O3S/c21-20(22,23)16-4-1-3-15(11-16)18(13-26-10-2-5-19(26)27)25-30(28,29)17-8-6-14(12-24)7-9-17/h1,3-4,6-9,11,18,25H,2,5,10,13H2. The Labute approximate surface area is 172 Å². The lowest BCUT2D eigenvalue weighted by Gasteiger charge is -2.25. The van der Waals surface area contributed by atoms with Gasteiger partial charge >= 0.3 is 6.18 Å². The minimum Gasteiger partial charge on any atom is -0.341 e. The van der Waals surface area contributed by atoms with Crippen molar-refractivity contribution in [3.05, 3.63) is 65.2 Å². The number of nitrogens with one attached hydrogen (secondary N) is 1. The van der Waals surface area contributed by atoms with Gasteiger partial charge in [-0.05, 0) is 48.4 Å². The van der Waals surface area contributed by atoms with Crippen molar-refractivity contribution < 1.29 is 26.4 Å². The molecule has 2 aromatic rings. The van der Waals surface area contributed by atoms with E-state index in [9.17, 15) is 26.4 Å². The maximum Gasteiger partial charge on any atom is 0.416 e. The SMILES string of the molecule is N#Cc1ccc(S(=O)(=O)NC(CN2CCCC2=O)c2cccc(C(F)(F)F)c2)cc1. The lowest BCUT2D eigenvalue weighted by Crippen LogP contribution is -2.38. The molecule has 6 nitrogen and oxygen atoms in total. The molecule has 1 heterocycles. The number of nitrogens with zero attached hydrogens (tertiary/aromatic N) is 2. The highest BCUT2D eigenvalue weighted by Gasteiger charge is 2.33. The Morgan fingerprint density at radius 1 is 1.17 bits per heavy atom. The summed E-state index contributed by atoms with van der Waals surface area (Å²) in [6.07, 6.45) is -3.66. The molecule has 0 aliphatic carbocycles. The van der Waals surface area contributed by atoms with Crippen molar-refractivity contribution in [2.75, 3.05) is 13.1 Å². The van der Waals surface area contributed by atoms with Crippen LogP contribution in [-0.4, -0.2) is 32.3 Å². The van der Waals surface area contributed by atoms with Gasteiger partial charge in [-0.1, -0.05) is 12.1 Å². The zero-order chi connectivity index (χ0) is 21.9. The molecule has 158 valence electrons. The number of hydrogen-bond donors (Lipinski definition) is 1. The molecule has 1 atom stereocenters. The first-order valence-electron chi connectivity index (χ1n) is 9.07. The number of benzene rings is 2. The van der Waals surface area contributed by atoms with Crippen molar-refractivity contribution in [3.63, 3.8) is 0 Å². The predicted molar refractivity (Wildman–Crippen MR) is 101 cm³/mol. The van der Waals surface area contributed by atoms with Crippen LogP contribution in [0, 0.1) is 11.3 Å². The van der Waals surface area contributed by atoms with Gasteiger partial charge in [0, 0.05) is 19.5 Å². The van der Waals surface area contributed by atoms with Crippen LogP contribution in [0.1, 0.15) is 35.6 Å². The van der Waals surface area contributed by atoms with Gasteiger partial charge < -0.3 is 4.90 Å². The number of carbonyl (C=O) groups excluding carboxylic acids is 1. The third-order valence-corrected chi connectivity index (χ3v) is 6.27. The number of nitriles is 1. The molecule has 3 rings (SSSR count). The molecule has 0 spiro atoms. The number of halogens is 3. The van der Waals surface area contributed by atoms with Gasteiger partial charge in [0.05, 0.1) is 28.1 Å². The van der Waals surface area contributed by atoms with E-state index in [1.54, 1.807) is 0 Å². The molecule has 1 aliphatic rings. The van der Waals surface area contributed by atoms with E-state index in [4.69, 9.17) is 5.26 Å². The van der Waals surface area contributed by atoms with E-state index >= 15 is 0 Å². The average Bonchev–Trinajstić information content (AvgIpc) is 3.11. The number of rotatable bonds is 6. The first kappa shape index (κ1) is 21.8. The minimum atomic E-state index is -4.59. The second kappa shape index (κ2) is 8.45. The van der Waals surface area contributed by atoms with Gasteiger partial charge in [0.15, 0.2) is 0 Å². The van der Waals surface area contributed by atoms with Crippen LogP contribution in [0.2, 0.25) is 0 Å². The fourth-order valence-corrected chi connectivity index (χ4v) is 4.44. The summed E-state index contributed by atoms with van der Waals surface area (Å²) in [5.41, 5.74) is -0.539. The maximum atomic E-state index is 13.1. The third kappa shape index (κ3) is 4.98. The molecular formula is C20H18F3N3O3S. The van der Waals surface area contributed by atoms with Crippen molar-refractivity contribution >= 4 is 15.9 Å². The summed E-state index contributed by atoms with van der Waals surface area (Å²) in [7, 11) is -4.12. The highest BCUT2D eigenvalue weighted by molar-refractivity contribution is 7.89. The number of likely N-dealkylation sites (tertiary alicyclic amines) is 1. The van der Waals surface area contributed by atoms with Gasteiger partial charge in [-0.2, -0.15) is 18.4 Å². The Morgan fingerprint density at radius 2 is 1.87 bits per heavy atom. The summed E-state index contributed by atoms with van der Waals surface area (Å²) in [6, 6.07) is 10.3. The molecule has 0 radical (unpaired) electrons. The molecule has 0 saturated carbocycles. The fourth-order valence-electron chi connectivity index (χ4n) is 3.22. The second-order valence-electron chi connectivity index (χ2n) is 6.88. The quantitative estimate of drug-likeness (QED) is 0.751. The molecule has 30 heavy (non-hydrogen) atoms. The topological polar surface area (TPSA) is 90.3 Å². The molecule has 1 fully saturated rings. The molecule has 0 aromatic heterocycles. The van der Waals surface area contributed by atoms with Crippen LogP contribution < -0.4 is 4.72 Å². The first-order chi connectivity index (χ1) is 14.1. The Hall–Kier alpha value is -2.90. The fraction of sp³-hybridized carbons (Fsp3) is 0.300.